The van der Waals surface area contributed by atoms with Crippen molar-refractivity contribution in [1.82, 2.24) is 10.3 Å². The molecular formula is C13H22N2. The lowest BCUT2D eigenvalue weighted by atomic mass is 9.87. The van der Waals surface area contributed by atoms with Gasteiger partial charge in [-0.1, -0.05) is 19.3 Å². The van der Waals surface area contributed by atoms with Crippen LogP contribution >= 0.6 is 0 Å². The van der Waals surface area contributed by atoms with Crippen molar-refractivity contribution in [3.05, 3.63) is 23.0 Å². The number of nitrogens with one attached hydrogen (secondary N) is 2. The number of rotatable bonds is 3. The molecule has 0 amide bonds. The predicted molar refractivity (Wildman–Crippen MR) is 64.1 cm³/mol. The molecule has 0 spiro atoms. The zero-order valence-electron chi connectivity index (χ0n) is 9.90. The van der Waals surface area contributed by atoms with Crippen molar-refractivity contribution in [3.63, 3.8) is 0 Å². The molecule has 0 saturated heterocycles. The number of aromatic nitrogens is 1. The van der Waals surface area contributed by atoms with E-state index in [9.17, 15) is 0 Å². The number of hydrogen-bond donors (Lipinski definition) is 2. The molecule has 0 aromatic carbocycles. The SMILES string of the molecule is CNCc1cc(C2CCCCC2)[nH]c1C. The van der Waals surface area contributed by atoms with Gasteiger partial charge in [0.25, 0.3) is 0 Å². The smallest absolute Gasteiger partial charge is 0.0220 e. The summed E-state index contributed by atoms with van der Waals surface area (Å²) < 4.78 is 0. The van der Waals surface area contributed by atoms with E-state index in [1.807, 2.05) is 7.05 Å². The normalized spacial score (nSPS) is 18.3. The fourth-order valence-corrected chi connectivity index (χ4v) is 2.64. The van der Waals surface area contributed by atoms with E-state index >= 15 is 0 Å². The Morgan fingerprint density at radius 2 is 2.07 bits per heavy atom. The minimum atomic E-state index is 0.794. The van der Waals surface area contributed by atoms with Crippen molar-refractivity contribution in [2.75, 3.05) is 7.05 Å². The van der Waals surface area contributed by atoms with Gasteiger partial charge in [-0.05, 0) is 44.4 Å². The average molecular weight is 206 g/mol. The summed E-state index contributed by atoms with van der Waals surface area (Å²) in [4.78, 5) is 3.56. The van der Waals surface area contributed by atoms with Gasteiger partial charge >= 0.3 is 0 Å². The molecule has 1 aromatic heterocycles. The van der Waals surface area contributed by atoms with Crippen molar-refractivity contribution in [2.45, 2.75) is 51.5 Å². The first-order valence-corrected chi connectivity index (χ1v) is 6.14. The number of hydrogen-bond acceptors (Lipinski definition) is 1. The lowest BCUT2D eigenvalue weighted by Crippen LogP contribution is -2.05. The summed E-state index contributed by atoms with van der Waals surface area (Å²) in [6.45, 7) is 3.16. The first kappa shape index (κ1) is 10.7. The van der Waals surface area contributed by atoms with Crippen LogP contribution in [0.1, 0.15) is 55.0 Å². The second-order valence-corrected chi connectivity index (χ2v) is 4.74. The Morgan fingerprint density at radius 1 is 1.33 bits per heavy atom. The quantitative estimate of drug-likeness (QED) is 0.781. The van der Waals surface area contributed by atoms with Crippen LogP contribution in [-0.2, 0) is 6.54 Å². The molecule has 0 unspecified atom stereocenters. The summed E-state index contributed by atoms with van der Waals surface area (Å²) in [5.74, 6) is 0.794. The molecule has 0 atom stereocenters. The third-order valence-corrected chi connectivity index (χ3v) is 3.56. The Hall–Kier alpha value is -0.760. The molecule has 1 aliphatic rings. The standard InChI is InChI=1S/C13H22N2/c1-10-12(9-14-2)8-13(15-10)11-6-4-3-5-7-11/h8,11,14-15H,3-7,9H2,1-2H3. The van der Waals surface area contributed by atoms with Gasteiger partial charge in [-0.25, -0.2) is 0 Å². The van der Waals surface area contributed by atoms with E-state index in [0.717, 1.165) is 12.5 Å². The van der Waals surface area contributed by atoms with Gasteiger partial charge in [0.2, 0.25) is 0 Å². The first-order chi connectivity index (χ1) is 7.31. The number of H-pyrrole nitrogens is 1. The summed E-state index contributed by atoms with van der Waals surface area (Å²) >= 11 is 0. The maximum absolute atomic E-state index is 3.56. The molecule has 0 aliphatic heterocycles. The molecule has 1 heterocycles. The van der Waals surface area contributed by atoms with Crippen molar-refractivity contribution >= 4 is 0 Å². The van der Waals surface area contributed by atoms with Crippen LogP contribution in [-0.4, -0.2) is 12.0 Å². The Morgan fingerprint density at radius 3 is 2.73 bits per heavy atom. The van der Waals surface area contributed by atoms with Gasteiger partial charge in [-0.15, -0.1) is 0 Å². The van der Waals surface area contributed by atoms with E-state index in [-0.39, 0.29) is 0 Å². The largest absolute Gasteiger partial charge is 0.362 e. The third kappa shape index (κ3) is 2.43. The topological polar surface area (TPSA) is 27.8 Å². The monoisotopic (exact) mass is 206 g/mol. The van der Waals surface area contributed by atoms with Crippen molar-refractivity contribution < 1.29 is 0 Å². The highest BCUT2D eigenvalue weighted by Crippen LogP contribution is 2.32. The fraction of sp³-hybridized carbons (Fsp3) is 0.692. The van der Waals surface area contributed by atoms with Crippen LogP contribution in [0.15, 0.2) is 6.07 Å². The molecule has 1 aliphatic carbocycles. The Bertz CT molecular complexity index is 308. The van der Waals surface area contributed by atoms with Crippen LogP contribution in [0, 0.1) is 6.92 Å². The van der Waals surface area contributed by atoms with E-state index in [0.29, 0.717) is 0 Å². The van der Waals surface area contributed by atoms with E-state index in [1.165, 1.54) is 49.1 Å². The van der Waals surface area contributed by atoms with Gasteiger partial charge in [-0.2, -0.15) is 0 Å². The van der Waals surface area contributed by atoms with Gasteiger partial charge in [0.1, 0.15) is 0 Å². The Labute approximate surface area is 92.5 Å². The first-order valence-electron chi connectivity index (χ1n) is 6.14. The van der Waals surface area contributed by atoms with Crippen molar-refractivity contribution in [2.24, 2.45) is 0 Å². The summed E-state index contributed by atoms with van der Waals surface area (Å²) in [5, 5.41) is 3.22. The lowest BCUT2D eigenvalue weighted by Gasteiger charge is -2.20. The van der Waals surface area contributed by atoms with Crippen LogP contribution in [0.2, 0.25) is 0 Å². The van der Waals surface area contributed by atoms with Crippen LogP contribution in [0.4, 0.5) is 0 Å². The van der Waals surface area contributed by atoms with E-state index in [2.05, 4.69) is 23.3 Å². The molecule has 2 nitrogen and oxygen atoms in total. The predicted octanol–water partition coefficient (Wildman–Crippen LogP) is 3.09. The molecule has 84 valence electrons. The van der Waals surface area contributed by atoms with Crippen LogP contribution in [0.5, 0.6) is 0 Å². The molecule has 2 rings (SSSR count). The molecule has 1 aromatic rings. The van der Waals surface area contributed by atoms with Gasteiger partial charge in [0.05, 0.1) is 0 Å². The average Bonchev–Trinajstić information content (AvgIpc) is 2.63. The highest BCUT2D eigenvalue weighted by Gasteiger charge is 2.17. The van der Waals surface area contributed by atoms with Gasteiger partial charge in [0.15, 0.2) is 0 Å². The lowest BCUT2D eigenvalue weighted by molar-refractivity contribution is 0.437. The zero-order valence-corrected chi connectivity index (χ0v) is 9.90. The second-order valence-electron chi connectivity index (χ2n) is 4.74. The Balaban J connectivity index is 2.10. The maximum atomic E-state index is 3.56. The summed E-state index contributed by atoms with van der Waals surface area (Å²) in [6.07, 6.45) is 6.99. The molecule has 15 heavy (non-hydrogen) atoms. The summed E-state index contributed by atoms with van der Waals surface area (Å²) in [7, 11) is 2.01. The minimum Gasteiger partial charge on any atom is -0.362 e. The number of aromatic amines is 1. The highest BCUT2D eigenvalue weighted by atomic mass is 14.8. The zero-order chi connectivity index (χ0) is 10.7. The Kier molecular flexibility index (Phi) is 3.47. The molecule has 1 fully saturated rings. The van der Waals surface area contributed by atoms with Crippen LogP contribution in [0.3, 0.4) is 0 Å². The van der Waals surface area contributed by atoms with Gasteiger partial charge in [0, 0.05) is 17.9 Å². The van der Waals surface area contributed by atoms with E-state index in [4.69, 9.17) is 0 Å². The maximum Gasteiger partial charge on any atom is 0.0220 e. The number of aryl methyl sites for hydroxylation is 1. The highest BCUT2D eigenvalue weighted by molar-refractivity contribution is 5.27. The fourth-order valence-electron chi connectivity index (χ4n) is 2.64. The van der Waals surface area contributed by atoms with Gasteiger partial charge in [-0.3, -0.25) is 0 Å². The molecule has 0 bridgehead atoms. The van der Waals surface area contributed by atoms with Gasteiger partial charge < -0.3 is 10.3 Å². The summed E-state index contributed by atoms with van der Waals surface area (Å²) in [6, 6.07) is 2.36. The third-order valence-electron chi connectivity index (χ3n) is 3.56. The van der Waals surface area contributed by atoms with Crippen LogP contribution < -0.4 is 5.32 Å². The summed E-state index contributed by atoms with van der Waals surface area (Å²) in [5.41, 5.74) is 4.24. The van der Waals surface area contributed by atoms with E-state index in [1.54, 1.807) is 0 Å². The van der Waals surface area contributed by atoms with E-state index < -0.39 is 0 Å². The minimum absolute atomic E-state index is 0.794. The van der Waals surface area contributed by atoms with Crippen molar-refractivity contribution in [1.29, 1.82) is 0 Å². The molecule has 2 N–H and O–H groups in total. The molecular weight excluding hydrogens is 184 g/mol. The molecule has 2 heteroatoms. The second kappa shape index (κ2) is 4.84. The van der Waals surface area contributed by atoms with Crippen molar-refractivity contribution in [3.8, 4) is 0 Å². The molecule has 1 saturated carbocycles. The van der Waals surface area contributed by atoms with Crippen LogP contribution in [0.25, 0.3) is 0 Å². The molecule has 0 radical (unpaired) electrons.